The van der Waals surface area contributed by atoms with Crippen molar-refractivity contribution in [2.24, 2.45) is 0 Å². The first-order valence-electron chi connectivity index (χ1n) is 20.4. The molecule has 0 fully saturated rings. The Morgan fingerprint density at radius 1 is 0.489 bits per heavy atom. The van der Waals surface area contributed by atoms with Gasteiger partial charge in [-0.1, -0.05) is 145 Å². The lowest BCUT2D eigenvalue weighted by Gasteiger charge is -2.21. The minimum Gasteiger partial charge on any atom is -0.292 e. The summed E-state index contributed by atoms with van der Waals surface area (Å²) >= 11 is 0. The molecule has 0 saturated heterocycles. The van der Waals surface area contributed by atoms with E-state index >= 15 is 0 Å². The monoisotopic (exact) mass is 584 g/mol. The van der Waals surface area contributed by atoms with Crippen molar-refractivity contribution >= 4 is 43.4 Å². The van der Waals surface area contributed by atoms with Crippen molar-refractivity contribution in [2.75, 3.05) is 0 Å². The normalized spacial score (nSPS) is 15.3. The highest BCUT2D eigenvalue weighted by molar-refractivity contribution is 6.22. The minimum atomic E-state index is -0.535. The highest BCUT2D eigenvalue weighted by atomic mass is 15.1. The Bertz CT molecular complexity index is 3140. The summed E-state index contributed by atoms with van der Waals surface area (Å²) in [5, 5.41) is 2.38. The number of rotatable bonds is 4. The lowest BCUT2D eigenvalue weighted by Crippen LogP contribution is -2.01. The predicted molar refractivity (Wildman–Crippen MR) is 190 cm³/mol. The van der Waals surface area contributed by atoms with E-state index in [4.69, 9.17) is 18.7 Å². The van der Waals surface area contributed by atoms with E-state index in [0.29, 0.717) is 49.4 Å². The summed E-state index contributed by atoms with van der Waals surface area (Å²) in [6.45, 7) is 0. The van der Waals surface area contributed by atoms with E-state index < -0.39 is 48.3 Å². The number of para-hydroxylation sites is 3. The number of hydrogen-bond acceptors (Lipinski definition) is 1. The first-order chi connectivity index (χ1) is 27.3. The van der Waals surface area contributed by atoms with Crippen LogP contribution in [-0.4, -0.2) is 9.55 Å². The van der Waals surface area contributed by atoms with E-state index in [2.05, 4.69) is 0 Å². The van der Waals surface area contributed by atoms with E-state index in [1.807, 2.05) is 95.6 Å². The van der Waals surface area contributed by atoms with E-state index in [-0.39, 0.29) is 51.9 Å². The average molecular weight is 585 g/mol. The predicted octanol–water partition coefficient (Wildman–Crippen LogP) is 11.5. The molecule has 0 amide bonds. The van der Waals surface area contributed by atoms with Crippen LogP contribution >= 0.6 is 0 Å². The Labute approximate surface area is 278 Å². The highest BCUT2D eigenvalue weighted by Gasteiger charge is 2.21. The van der Waals surface area contributed by atoms with Crippen molar-refractivity contribution < 1.29 is 16.4 Å². The van der Waals surface area contributed by atoms with Crippen LogP contribution in [0.3, 0.4) is 0 Å². The first kappa shape index (κ1) is 16.2. The molecule has 0 atom stereocenters. The van der Waals surface area contributed by atoms with Gasteiger partial charge in [0.2, 0.25) is 0 Å². The lowest BCUT2D eigenvalue weighted by atomic mass is 9.85. The van der Waals surface area contributed by atoms with Crippen LogP contribution in [0, 0.1) is 0 Å². The second-order valence-electron chi connectivity index (χ2n) is 10.6. The maximum Gasteiger partial charge on any atom is 0.145 e. The van der Waals surface area contributed by atoms with Crippen LogP contribution in [0.5, 0.6) is 0 Å². The zero-order chi connectivity index (χ0) is 40.2. The molecule has 210 valence electrons. The average Bonchev–Trinajstić information content (AvgIpc) is 3.60. The fraction of sp³-hybridized carbons (Fsp3) is 0. The quantitative estimate of drug-likeness (QED) is 0.188. The van der Waals surface area contributed by atoms with E-state index in [9.17, 15) is 2.74 Å². The first-order valence-corrected chi connectivity index (χ1v) is 14.4. The Kier molecular flexibility index (Phi) is 3.71. The SMILES string of the molecule is [2H]c1c([2H])c([2H])c(-c2nc3ccccc3n2-c2ccccc2-c2c3ccccc3c(-c3c([2H])c([2H])c4c([2H])c([2H])c([2H])c([2H])c4c3[2H])c3ccccc23)c([2H])c1[2H]. The second kappa shape index (κ2) is 10.3. The second-order valence-corrected chi connectivity index (χ2v) is 10.6. The Balaban J connectivity index is 1.42. The molecule has 0 bridgehead atoms. The van der Waals surface area contributed by atoms with Gasteiger partial charge < -0.3 is 0 Å². The van der Waals surface area contributed by atoms with Crippen molar-refractivity contribution in [2.45, 2.75) is 0 Å². The van der Waals surface area contributed by atoms with Crippen molar-refractivity contribution in [1.29, 1.82) is 0 Å². The molecule has 0 radical (unpaired) electrons. The van der Waals surface area contributed by atoms with Gasteiger partial charge in [-0.3, -0.25) is 4.57 Å². The van der Waals surface area contributed by atoms with Gasteiger partial charge in [0, 0.05) is 11.1 Å². The maximum absolute atomic E-state index is 9.45. The molecule has 0 saturated carbocycles. The molecule has 9 aromatic rings. The zero-order valence-corrected chi connectivity index (χ0v) is 23.6. The summed E-state index contributed by atoms with van der Waals surface area (Å²) in [6, 6.07) is 24.6. The molecule has 45 heavy (non-hydrogen) atoms. The molecule has 0 aliphatic carbocycles. The van der Waals surface area contributed by atoms with Gasteiger partial charge in [0.25, 0.3) is 0 Å². The molecule has 8 aromatic carbocycles. The van der Waals surface area contributed by atoms with Crippen LogP contribution in [0.2, 0.25) is 0 Å². The zero-order valence-electron chi connectivity index (χ0n) is 35.6. The maximum atomic E-state index is 9.45. The lowest BCUT2D eigenvalue weighted by molar-refractivity contribution is 1.10. The Morgan fingerprint density at radius 3 is 1.84 bits per heavy atom. The number of fused-ring (bicyclic) bond motifs is 4. The highest BCUT2D eigenvalue weighted by Crippen LogP contribution is 2.46. The number of benzene rings is 8. The minimum absolute atomic E-state index is 0.0523. The summed E-state index contributed by atoms with van der Waals surface area (Å²) < 4.78 is 106. The fourth-order valence-corrected chi connectivity index (χ4v) is 6.27. The summed E-state index contributed by atoms with van der Waals surface area (Å²) in [6.07, 6.45) is 0. The number of nitrogens with zero attached hydrogens (tertiary/aromatic N) is 2. The van der Waals surface area contributed by atoms with Gasteiger partial charge in [-0.25, -0.2) is 4.98 Å². The molecule has 1 aromatic heterocycles. The van der Waals surface area contributed by atoms with Crippen molar-refractivity contribution in [3.8, 4) is 39.3 Å². The summed E-state index contributed by atoms with van der Waals surface area (Å²) in [4.78, 5) is 4.87. The van der Waals surface area contributed by atoms with Crippen LogP contribution in [0.4, 0.5) is 0 Å². The third-order valence-corrected chi connectivity index (χ3v) is 8.13. The van der Waals surface area contributed by atoms with Crippen molar-refractivity contribution in [3.05, 3.63) is 170 Å². The number of imidazole rings is 1. The molecule has 1 heterocycles. The van der Waals surface area contributed by atoms with E-state index in [0.717, 1.165) is 5.56 Å². The molecule has 2 nitrogen and oxygen atoms in total. The standard InChI is InChI=1S/C43H28N2/c1-2-15-30(16-3-1)43-44-38-23-11-13-25-40(38)45(43)39-24-12-10-22-37(39)42-35-20-8-6-18-33(35)41(34-19-7-9-21-36(34)42)32-27-26-29-14-4-5-17-31(29)28-32/h1-28H/i1D,2D,3D,4D,5D,14D,15D,16D,17D,26D,27D,28D. The smallest absolute Gasteiger partial charge is 0.145 e. The van der Waals surface area contributed by atoms with Crippen LogP contribution < -0.4 is 0 Å². The van der Waals surface area contributed by atoms with Gasteiger partial charge >= 0.3 is 0 Å². The Hall–Kier alpha value is -5.99. The van der Waals surface area contributed by atoms with Crippen molar-refractivity contribution in [1.82, 2.24) is 9.55 Å². The molecule has 0 aliphatic heterocycles. The van der Waals surface area contributed by atoms with Gasteiger partial charge in [-0.05, 0) is 73.2 Å². The molecule has 0 spiro atoms. The van der Waals surface area contributed by atoms with E-state index in [1.54, 1.807) is 6.07 Å². The largest absolute Gasteiger partial charge is 0.292 e. The molecule has 0 N–H and O–H groups in total. The van der Waals surface area contributed by atoms with Crippen LogP contribution in [0.25, 0.3) is 82.7 Å². The van der Waals surface area contributed by atoms with Gasteiger partial charge in [0.05, 0.1) is 33.2 Å². The molecule has 0 aliphatic rings. The molecular formula is C43H28N2. The number of aromatic nitrogens is 2. The van der Waals surface area contributed by atoms with Gasteiger partial charge in [-0.15, -0.1) is 0 Å². The number of hydrogen-bond donors (Lipinski definition) is 0. The third kappa shape index (κ3) is 4.07. The van der Waals surface area contributed by atoms with Crippen LogP contribution in [0.15, 0.2) is 170 Å². The topological polar surface area (TPSA) is 17.8 Å². The molecule has 2 heteroatoms. The summed E-state index contributed by atoms with van der Waals surface area (Å²) in [7, 11) is 0. The third-order valence-electron chi connectivity index (χ3n) is 8.13. The molecular weight excluding hydrogens is 544 g/mol. The summed E-state index contributed by atoms with van der Waals surface area (Å²) in [5.74, 6) is 0.160. The summed E-state index contributed by atoms with van der Waals surface area (Å²) in [5.41, 5.74) is 3.74. The fourth-order valence-electron chi connectivity index (χ4n) is 6.27. The molecule has 9 rings (SSSR count). The van der Waals surface area contributed by atoms with Crippen molar-refractivity contribution in [3.63, 3.8) is 0 Å². The van der Waals surface area contributed by atoms with Crippen LogP contribution in [-0.2, 0) is 0 Å². The Morgan fingerprint density at radius 2 is 1.09 bits per heavy atom. The van der Waals surface area contributed by atoms with E-state index in [1.165, 1.54) is 0 Å². The van der Waals surface area contributed by atoms with Gasteiger partial charge in [0.1, 0.15) is 5.82 Å². The van der Waals surface area contributed by atoms with Gasteiger partial charge in [0.15, 0.2) is 0 Å². The van der Waals surface area contributed by atoms with Crippen LogP contribution in [0.1, 0.15) is 16.4 Å². The molecule has 0 unspecified atom stereocenters. The van der Waals surface area contributed by atoms with Gasteiger partial charge in [-0.2, -0.15) is 0 Å².